The molecule has 2 saturated heterocycles. The van der Waals surface area contributed by atoms with Crippen LogP contribution in [-0.4, -0.2) is 72.2 Å². The van der Waals surface area contributed by atoms with Crippen molar-refractivity contribution < 1.29 is 4.39 Å². The minimum Gasteiger partial charge on any atom is -0.300 e. The summed E-state index contributed by atoms with van der Waals surface area (Å²) in [6.07, 6.45) is 8.52. The summed E-state index contributed by atoms with van der Waals surface area (Å²) in [5, 5.41) is 0. The molecule has 2 aliphatic carbocycles. The van der Waals surface area contributed by atoms with Crippen molar-refractivity contribution in [2.45, 2.75) is 74.4 Å². The number of piperazine rings is 1. The molecule has 2 N–H and O–H groups in total. The van der Waals surface area contributed by atoms with Crippen molar-refractivity contribution in [3.63, 3.8) is 0 Å². The summed E-state index contributed by atoms with van der Waals surface area (Å²) in [7, 11) is 0. The van der Waals surface area contributed by atoms with Crippen LogP contribution in [0.1, 0.15) is 51.4 Å². The minimum absolute atomic E-state index is 0.537. The largest absolute Gasteiger partial charge is 0.300 e. The highest BCUT2D eigenvalue weighted by molar-refractivity contribution is 9.09. The molecule has 4 aliphatic rings. The lowest BCUT2D eigenvalue weighted by Gasteiger charge is -2.42. The first kappa shape index (κ1) is 19.6. The maximum absolute atomic E-state index is 13.5. The molecule has 2 aliphatic heterocycles. The van der Waals surface area contributed by atoms with E-state index in [1.807, 2.05) is 0 Å². The third kappa shape index (κ3) is 4.80. The van der Waals surface area contributed by atoms with Gasteiger partial charge in [0.1, 0.15) is 6.17 Å². The van der Waals surface area contributed by atoms with Crippen LogP contribution in [0, 0.1) is 11.8 Å². The van der Waals surface area contributed by atoms with Gasteiger partial charge >= 0.3 is 0 Å². The van der Waals surface area contributed by atoms with E-state index in [-0.39, 0.29) is 0 Å². The molecule has 0 spiro atoms. The monoisotopic (exact) mass is 430 g/mol. The maximum Gasteiger partial charge on any atom is 0.100 e. The topological polar surface area (TPSA) is 30.5 Å². The molecule has 4 fully saturated rings. The van der Waals surface area contributed by atoms with Crippen molar-refractivity contribution in [1.29, 1.82) is 0 Å². The molecule has 4 nitrogen and oxygen atoms in total. The second-order valence-corrected chi connectivity index (χ2v) is 10.4. The lowest BCUT2D eigenvalue weighted by Crippen LogP contribution is -2.53. The maximum atomic E-state index is 13.5. The summed E-state index contributed by atoms with van der Waals surface area (Å²) >= 11 is 3.78. The van der Waals surface area contributed by atoms with Gasteiger partial charge < -0.3 is 4.90 Å². The molecule has 0 radical (unpaired) electrons. The van der Waals surface area contributed by atoms with E-state index in [4.69, 9.17) is 0 Å². The summed E-state index contributed by atoms with van der Waals surface area (Å²) in [5.41, 5.74) is 6.93. The number of hydrogen-bond acceptors (Lipinski definition) is 4. The Labute approximate surface area is 166 Å². The van der Waals surface area contributed by atoms with Gasteiger partial charge in [-0.25, -0.2) is 4.39 Å². The second kappa shape index (κ2) is 9.17. The molecule has 2 unspecified atom stereocenters. The quantitative estimate of drug-likeness (QED) is 0.671. The van der Waals surface area contributed by atoms with Gasteiger partial charge in [0.15, 0.2) is 0 Å². The molecule has 2 atom stereocenters. The Balaban J connectivity index is 1.22. The van der Waals surface area contributed by atoms with Crippen LogP contribution in [0.3, 0.4) is 0 Å². The zero-order chi connectivity index (χ0) is 17.9. The molecule has 6 heteroatoms. The zero-order valence-electron chi connectivity index (χ0n) is 16.0. The summed E-state index contributed by atoms with van der Waals surface area (Å²) in [6, 6.07) is 1.36. The summed E-state index contributed by atoms with van der Waals surface area (Å²) < 4.78 is 13.5. The highest BCUT2D eigenvalue weighted by atomic mass is 79.9. The molecule has 0 bridgehead atoms. The van der Waals surface area contributed by atoms with Crippen LogP contribution in [0.25, 0.3) is 0 Å². The summed E-state index contributed by atoms with van der Waals surface area (Å²) in [5.74, 6) is 1.33. The Morgan fingerprint density at radius 1 is 0.885 bits per heavy atom. The zero-order valence-corrected chi connectivity index (χ0v) is 17.6. The molecule has 2 saturated carbocycles. The number of alkyl halides is 2. The van der Waals surface area contributed by atoms with Gasteiger partial charge in [-0.1, -0.05) is 15.9 Å². The fourth-order valence-corrected chi connectivity index (χ4v) is 6.24. The first-order valence-electron chi connectivity index (χ1n) is 10.9. The molecule has 0 aromatic heterocycles. The number of hydrazine groups is 1. The van der Waals surface area contributed by atoms with Crippen LogP contribution >= 0.6 is 15.9 Å². The van der Waals surface area contributed by atoms with Crippen molar-refractivity contribution in [3.05, 3.63) is 0 Å². The number of nitrogens with zero attached hydrogens (tertiary/aromatic N) is 2. The SMILES string of the molecule is FC1CCC(C2NNCC2CN2CCN(C3CCC(Br)CC3)CC2)CC1. The van der Waals surface area contributed by atoms with Gasteiger partial charge in [0.05, 0.1) is 0 Å². The van der Waals surface area contributed by atoms with Gasteiger partial charge in [0, 0.05) is 62.1 Å². The average molecular weight is 431 g/mol. The Bertz CT molecular complexity index is 430. The number of nitrogens with one attached hydrogen (secondary N) is 2. The van der Waals surface area contributed by atoms with Crippen LogP contribution < -0.4 is 10.9 Å². The van der Waals surface area contributed by atoms with Crippen LogP contribution in [-0.2, 0) is 0 Å². The van der Waals surface area contributed by atoms with E-state index >= 15 is 0 Å². The Morgan fingerprint density at radius 3 is 2.27 bits per heavy atom. The fraction of sp³-hybridized carbons (Fsp3) is 1.00. The lowest BCUT2D eigenvalue weighted by molar-refractivity contribution is 0.0671. The van der Waals surface area contributed by atoms with Crippen molar-refractivity contribution in [1.82, 2.24) is 20.7 Å². The summed E-state index contributed by atoms with van der Waals surface area (Å²) in [6.45, 7) is 7.17. The van der Waals surface area contributed by atoms with Gasteiger partial charge in [-0.15, -0.1) is 0 Å². The van der Waals surface area contributed by atoms with Gasteiger partial charge in [0.2, 0.25) is 0 Å². The number of rotatable bonds is 4. The van der Waals surface area contributed by atoms with Gasteiger partial charge in [0.25, 0.3) is 0 Å². The number of halogens is 2. The van der Waals surface area contributed by atoms with Crippen LogP contribution in [0.15, 0.2) is 0 Å². The van der Waals surface area contributed by atoms with E-state index in [9.17, 15) is 4.39 Å². The predicted molar refractivity (Wildman–Crippen MR) is 108 cm³/mol. The van der Waals surface area contributed by atoms with E-state index in [1.54, 1.807) is 0 Å². The molecule has 0 amide bonds. The van der Waals surface area contributed by atoms with Crippen LogP contribution in [0.4, 0.5) is 4.39 Å². The van der Waals surface area contributed by atoms with Crippen molar-refractivity contribution in [2.24, 2.45) is 11.8 Å². The molecule has 150 valence electrons. The van der Waals surface area contributed by atoms with E-state index in [0.29, 0.717) is 17.9 Å². The summed E-state index contributed by atoms with van der Waals surface area (Å²) in [4.78, 5) is 6.19. The standard InChI is InChI=1S/C20H36BrFN4/c21-17-3-7-19(8-4-17)26-11-9-25(10-12-26)14-16-13-23-24-20(16)15-1-5-18(22)6-2-15/h15-20,23-24H,1-14H2. The molecule has 26 heavy (non-hydrogen) atoms. The van der Waals surface area contributed by atoms with E-state index in [2.05, 4.69) is 36.6 Å². The smallest absolute Gasteiger partial charge is 0.100 e. The molecule has 0 aromatic rings. The van der Waals surface area contributed by atoms with E-state index in [1.165, 1.54) is 58.4 Å². The van der Waals surface area contributed by atoms with Crippen molar-refractivity contribution >= 4 is 15.9 Å². The first-order valence-corrected chi connectivity index (χ1v) is 11.8. The Kier molecular flexibility index (Phi) is 6.90. The van der Waals surface area contributed by atoms with Gasteiger partial charge in [-0.2, -0.15) is 0 Å². The third-order valence-electron chi connectivity index (χ3n) is 7.39. The average Bonchev–Trinajstić information content (AvgIpc) is 3.12. The predicted octanol–water partition coefficient (Wildman–Crippen LogP) is 2.93. The highest BCUT2D eigenvalue weighted by Gasteiger charge is 2.37. The molecular formula is C20H36BrFN4. The van der Waals surface area contributed by atoms with Crippen molar-refractivity contribution in [2.75, 3.05) is 39.3 Å². The van der Waals surface area contributed by atoms with E-state index < -0.39 is 6.17 Å². The molecule has 2 heterocycles. The molecular weight excluding hydrogens is 395 g/mol. The Morgan fingerprint density at radius 2 is 1.58 bits per heavy atom. The number of hydrogen-bond donors (Lipinski definition) is 2. The van der Waals surface area contributed by atoms with Gasteiger partial charge in [-0.05, 0) is 57.3 Å². The Hall–Kier alpha value is 0.250. The van der Waals surface area contributed by atoms with Gasteiger partial charge in [-0.3, -0.25) is 15.8 Å². The third-order valence-corrected chi connectivity index (χ3v) is 8.31. The molecule has 4 rings (SSSR count). The first-order chi connectivity index (χ1) is 12.7. The normalized spacial score (nSPS) is 43.6. The van der Waals surface area contributed by atoms with Crippen LogP contribution in [0.2, 0.25) is 0 Å². The second-order valence-electron chi connectivity index (χ2n) is 9.07. The lowest BCUT2D eigenvalue weighted by atomic mass is 9.79. The molecule has 0 aromatic carbocycles. The minimum atomic E-state index is -0.549. The van der Waals surface area contributed by atoms with Crippen molar-refractivity contribution in [3.8, 4) is 0 Å². The highest BCUT2D eigenvalue weighted by Crippen LogP contribution is 2.33. The van der Waals surface area contributed by atoms with Crippen LogP contribution in [0.5, 0.6) is 0 Å². The van der Waals surface area contributed by atoms with E-state index in [0.717, 1.165) is 43.1 Å². The fourth-order valence-electron chi connectivity index (χ4n) is 5.71.